The molecule has 0 unspecified atom stereocenters. The molecule has 2 aromatic rings. The van der Waals surface area contributed by atoms with Gasteiger partial charge in [0.2, 0.25) is 0 Å². The number of esters is 1. The van der Waals surface area contributed by atoms with Crippen molar-refractivity contribution in [3.63, 3.8) is 0 Å². The molecule has 0 N–H and O–H groups in total. The van der Waals surface area contributed by atoms with Crippen LogP contribution in [0, 0.1) is 0 Å². The lowest BCUT2D eigenvalue weighted by molar-refractivity contribution is -0.132. The Kier molecular flexibility index (Phi) is 5.59. The Hall–Kier alpha value is -3.41. The molecule has 0 fully saturated rings. The molecule has 1 aliphatic rings. The third-order valence-corrected chi connectivity index (χ3v) is 4.40. The molecule has 0 radical (unpaired) electrons. The van der Waals surface area contributed by atoms with Crippen molar-refractivity contribution in [3.8, 4) is 11.5 Å². The fourth-order valence-electron chi connectivity index (χ4n) is 2.91. The average molecular weight is 378 g/mol. The van der Waals surface area contributed by atoms with E-state index in [4.69, 9.17) is 9.47 Å². The summed E-state index contributed by atoms with van der Waals surface area (Å²) in [6.07, 6.45) is 2.69. The summed E-state index contributed by atoms with van der Waals surface area (Å²) in [5.41, 5.74) is 3.81. The largest absolute Gasteiger partial charge is 0.493 e. The van der Waals surface area contributed by atoms with Crippen molar-refractivity contribution in [2.45, 2.75) is 27.2 Å². The zero-order valence-electron chi connectivity index (χ0n) is 16.4. The predicted octanol–water partition coefficient (Wildman–Crippen LogP) is 3.99. The molecule has 1 aliphatic heterocycles. The van der Waals surface area contributed by atoms with Crippen molar-refractivity contribution < 1.29 is 19.1 Å². The second-order valence-corrected chi connectivity index (χ2v) is 6.38. The summed E-state index contributed by atoms with van der Waals surface area (Å²) in [5, 5.41) is 5.81. The smallest absolute Gasteiger partial charge is 0.308 e. The zero-order chi connectivity index (χ0) is 20.3. The summed E-state index contributed by atoms with van der Waals surface area (Å²) < 4.78 is 10.4. The molecule has 0 spiro atoms. The Bertz CT molecular complexity index is 975. The quantitative estimate of drug-likeness (QED) is 0.448. The maximum Gasteiger partial charge on any atom is 0.308 e. The molecule has 1 amide bonds. The molecule has 2 aromatic carbocycles. The first-order chi connectivity index (χ1) is 13.4. The molecule has 6 nitrogen and oxygen atoms in total. The number of anilines is 1. The highest BCUT2D eigenvalue weighted by Crippen LogP contribution is 2.30. The van der Waals surface area contributed by atoms with Crippen LogP contribution in [0.25, 0.3) is 6.08 Å². The first kappa shape index (κ1) is 19.4. The lowest BCUT2D eigenvalue weighted by Gasteiger charge is -2.12. The fourth-order valence-corrected chi connectivity index (χ4v) is 2.91. The minimum Gasteiger partial charge on any atom is -0.493 e. The minimum absolute atomic E-state index is 0.190. The van der Waals surface area contributed by atoms with Gasteiger partial charge in [-0.2, -0.15) is 10.1 Å². The van der Waals surface area contributed by atoms with Gasteiger partial charge in [-0.15, -0.1) is 0 Å². The van der Waals surface area contributed by atoms with E-state index >= 15 is 0 Å². The molecule has 1 heterocycles. The van der Waals surface area contributed by atoms with Gasteiger partial charge in [0.05, 0.1) is 24.1 Å². The van der Waals surface area contributed by atoms with Gasteiger partial charge in [0.1, 0.15) is 0 Å². The fraction of sp³-hybridized carbons (Fsp3) is 0.227. The van der Waals surface area contributed by atoms with Crippen molar-refractivity contribution >= 4 is 29.4 Å². The van der Waals surface area contributed by atoms with E-state index in [1.165, 1.54) is 24.6 Å². The summed E-state index contributed by atoms with van der Waals surface area (Å²) in [4.78, 5) is 24.1. The Morgan fingerprint density at radius 3 is 2.46 bits per heavy atom. The van der Waals surface area contributed by atoms with E-state index in [2.05, 4.69) is 12.0 Å². The van der Waals surface area contributed by atoms with Crippen molar-refractivity contribution in [3.05, 3.63) is 59.2 Å². The van der Waals surface area contributed by atoms with Gasteiger partial charge < -0.3 is 9.47 Å². The molecule has 28 heavy (non-hydrogen) atoms. The van der Waals surface area contributed by atoms with Crippen LogP contribution in [0.2, 0.25) is 0 Å². The number of nitrogens with zero attached hydrogens (tertiary/aromatic N) is 2. The lowest BCUT2D eigenvalue weighted by atomic mass is 10.1. The van der Waals surface area contributed by atoms with Gasteiger partial charge in [-0.1, -0.05) is 25.1 Å². The Morgan fingerprint density at radius 1 is 1.14 bits per heavy atom. The van der Waals surface area contributed by atoms with Gasteiger partial charge >= 0.3 is 5.97 Å². The lowest BCUT2D eigenvalue weighted by Crippen LogP contribution is -2.21. The molecule has 3 rings (SSSR count). The van der Waals surface area contributed by atoms with E-state index in [0.717, 1.165) is 17.7 Å². The van der Waals surface area contributed by atoms with Crippen LogP contribution in [-0.2, 0) is 16.0 Å². The number of benzene rings is 2. The number of hydrogen-bond donors (Lipinski definition) is 0. The molecule has 0 saturated heterocycles. The van der Waals surface area contributed by atoms with Crippen LogP contribution in [0.3, 0.4) is 0 Å². The highest BCUT2D eigenvalue weighted by Gasteiger charge is 2.28. The van der Waals surface area contributed by atoms with E-state index in [1.807, 2.05) is 24.3 Å². The maximum atomic E-state index is 12.9. The number of carbonyl (C=O) groups excluding carboxylic acids is 2. The van der Waals surface area contributed by atoms with Gasteiger partial charge in [0.25, 0.3) is 5.91 Å². The highest BCUT2D eigenvalue weighted by atomic mass is 16.6. The molecule has 0 aromatic heterocycles. The third-order valence-electron chi connectivity index (χ3n) is 4.40. The molecular formula is C22H22N2O4. The van der Waals surface area contributed by atoms with E-state index < -0.39 is 5.97 Å². The van der Waals surface area contributed by atoms with Gasteiger partial charge in [-0.05, 0) is 54.8 Å². The summed E-state index contributed by atoms with van der Waals surface area (Å²) in [6.45, 7) is 5.21. The number of ether oxygens (including phenoxy) is 2. The molecule has 144 valence electrons. The number of methoxy groups -OCH3 is 1. The van der Waals surface area contributed by atoms with Gasteiger partial charge in [-0.25, -0.2) is 0 Å². The van der Waals surface area contributed by atoms with Crippen LogP contribution in [0.5, 0.6) is 11.5 Å². The van der Waals surface area contributed by atoms with Crippen molar-refractivity contribution in [2.24, 2.45) is 5.10 Å². The standard InChI is InChI=1S/C22H22N2O4/c1-5-16-6-9-18(10-7-16)24-22(26)19(14(2)23-24)12-17-8-11-20(28-15(3)25)21(13-17)27-4/h6-13H,5H2,1-4H3. The number of rotatable bonds is 5. The average Bonchev–Trinajstić information content (AvgIpc) is 2.97. The Morgan fingerprint density at radius 2 is 1.86 bits per heavy atom. The first-order valence-electron chi connectivity index (χ1n) is 9.00. The second-order valence-electron chi connectivity index (χ2n) is 6.38. The van der Waals surface area contributed by atoms with Crippen LogP contribution in [0.1, 0.15) is 31.9 Å². The van der Waals surface area contributed by atoms with Crippen LogP contribution < -0.4 is 14.5 Å². The normalized spacial score (nSPS) is 15.0. The second kappa shape index (κ2) is 8.08. The minimum atomic E-state index is -0.428. The van der Waals surface area contributed by atoms with E-state index in [-0.39, 0.29) is 5.91 Å². The summed E-state index contributed by atoms with van der Waals surface area (Å²) >= 11 is 0. The number of carbonyl (C=O) groups is 2. The van der Waals surface area contributed by atoms with Gasteiger partial charge in [0, 0.05) is 6.92 Å². The van der Waals surface area contributed by atoms with Crippen LogP contribution in [-0.4, -0.2) is 24.7 Å². The number of hydrazone groups is 1. The topological polar surface area (TPSA) is 68.2 Å². The number of hydrogen-bond acceptors (Lipinski definition) is 5. The first-order valence-corrected chi connectivity index (χ1v) is 9.00. The van der Waals surface area contributed by atoms with E-state index in [9.17, 15) is 9.59 Å². The van der Waals surface area contributed by atoms with Crippen LogP contribution in [0.15, 0.2) is 53.1 Å². The predicted molar refractivity (Wildman–Crippen MR) is 109 cm³/mol. The van der Waals surface area contributed by atoms with Crippen molar-refractivity contribution in [1.82, 2.24) is 0 Å². The highest BCUT2D eigenvalue weighted by molar-refractivity contribution is 6.32. The Balaban J connectivity index is 1.89. The molecule has 0 atom stereocenters. The van der Waals surface area contributed by atoms with Crippen molar-refractivity contribution in [1.29, 1.82) is 0 Å². The zero-order valence-corrected chi connectivity index (χ0v) is 16.4. The van der Waals surface area contributed by atoms with E-state index in [1.54, 1.807) is 31.2 Å². The number of amides is 1. The molecular weight excluding hydrogens is 356 g/mol. The van der Waals surface area contributed by atoms with E-state index in [0.29, 0.717) is 22.8 Å². The molecule has 0 bridgehead atoms. The SMILES string of the molecule is CCc1ccc(N2N=C(C)C(=Cc3ccc(OC(C)=O)c(OC)c3)C2=O)cc1. The third kappa shape index (κ3) is 3.96. The summed E-state index contributed by atoms with van der Waals surface area (Å²) in [6, 6.07) is 12.9. The van der Waals surface area contributed by atoms with Gasteiger partial charge in [-0.3, -0.25) is 9.59 Å². The summed E-state index contributed by atoms with van der Waals surface area (Å²) in [5.74, 6) is 0.127. The van der Waals surface area contributed by atoms with Gasteiger partial charge in [0.15, 0.2) is 11.5 Å². The van der Waals surface area contributed by atoms with Crippen LogP contribution in [0.4, 0.5) is 5.69 Å². The molecule has 6 heteroatoms. The maximum absolute atomic E-state index is 12.9. The van der Waals surface area contributed by atoms with Crippen molar-refractivity contribution in [2.75, 3.05) is 12.1 Å². The molecule has 0 saturated carbocycles. The molecule has 0 aliphatic carbocycles. The monoisotopic (exact) mass is 378 g/mol. The number of aryl methyl sites for hydroxylation is 1. The van der Waals surface area contributed by atoms with Crippen LogP contribution >= 0.6 is 0 Å². The summed E-state index contributed by atoms with van der Waals surface area (Å²) in [7, 11) is 1.49. The Labute approximate surface area is 164 Å².